The minimum atomic E-state index is -0.897. The summed E-state index contributed by atoms with van der Waals surface area (Å²) in [7, 11) is 0. The molecule has 130 valence electrons. The Labute approximate surface area is 149 Å². The summed E-state index contributed by atoms with van der Waals surface area (Å²) in [6.07, 6.45) is -0.554. The van der Waals surface area contributed by atoms with Gasteiger partial charge in [0.2, 0.25) is 6.10 Å². The van der Waals surface area contributed by atoms with Crippen molar-refractivity contribution in [2.75, 3.05) is 6.61 Å². The Kier molecular flexibility index (Phi) is 4.18. The summed E-state index contributed by atoms with van der Waals surface area (Å²) in [6.45, 7) is 0.248. The minimum Gasteiger partial charge on any atom is -0.463 e. The molecule has 1 atom stereocenters. The van der Waals surface area contributed by atoms with Crippen molar-refractivity contribution in [3.8, 4) is 17.1 Å². The highest BCUT2D eigenvalue weighted by molar-refractivity contribution is 5.89. The number of aromatic nitrogens is 3. The Morgan fingerprint density at radius 1 is 1.08 bits per heavy atom. The zero-order chi connectivity index (χ0) is 17.9. The molecule has 0 radical (unpaired) electrons. The van der Waals surface area contributed by atoms with Gasteiger partial charge in [-0.05, 0) is 12.1 Å². The summed E-state index contributed by atoms with van der Waals surface area (Å²) in [5.74, 6) is -0.880. The van der Waals surface area contributed by atoms with E-state index in [1.54, 1.807) is 4.68 Å². The van der Waals surface area contributed by atoms with E-state index in [1.807, 2.05) is 60.7 Å². The highest BCUT2D eigenvalue weighted by Crippen LogP contribution is 2.22. The van der Waals surface area contributed by atoms with Gasteiger partial charge in [0.05, 0.1) is 12.3 Å². The lowest BCUT2D eigenvalue weighted by Gasteiger charge is -2.05. The minimum absolute atomic E-state index is 0.104. The molecule has 0 saturated carbocycles. The largest absolute Gasteiger partial charge is 0.463 e. The zero-order valence-corrected chi connectivity index (χ0v) is 13.7. The van der Waals surface area contributed by atoms with Crippen molar-refractivity contribution < 1.29 is 19.1 Å². The van der Waals surface area contributed by atoms with Gasteiger partial charge in [0.1, 0.15) is 0 Å². The predicted molar refractivity (Wildman–Crippen MR) is 91.6 cm³/mol. The van der Waals surface area contributed by atoms with Gasteiger partial charge in [-0.3, -0.25) is 0 Å². The lowest BCUT2D eigenvalue weighted by molar-refractivity contribution is -0.145. The van der Waals surface area contributed by atoms with Crippen molar-refractivity contribution in [1.29, 1.82) is 0 Å². The molecule has 7 heteroatoms. The Bertz CT molecular complexity index is 881. The van der Waals surface area contributed by atoms with Gasteiger partial charge in [-0.2, -0.15) is 0 Å². The van der Waals surface area contributed by atoms with E-state index >= 15 is 0 Å². The van der Waals surface area contributed by atoms with Gasteiger partial charge in [0, 0.05) is 12.0 Å². The van der Waals surface area contributed by atoms with Crippen LogP contribution in [0.4, 0.5) is 0 Å². The van der Waals surface area contributed by atoms with Crippen LogP contribution in [-0.2, 0) is 14.3 Å². The smallest absolute Gasteiger partial charge is 0.379 e. The van der Waals surface area contributed by atoms with Crippen molar-refractivity contribution in [2.45, 2.75) is 12.5 Å². The number of rotatable bonds is 4. The molecule has 1 fully saturated rings. The van der Waals surface area contributed by atoms with Crippen LogP contribution in [0.3, 0.4) is 0 Å². The van der Waals surface area contributed by atoms with Crippen molar-refractivity contribution in [3.63, 3.8) is 0 Å². The predicted octanol–water partition coefficient (Wildman–Crippen LogP) is 2.41. The molecule has 2 heterocycles. The molecule has 1 aliphatic heterocycles. The molecule has 0 aliphatic carbocycles. The molecule has 1 aromatic heterocycles. The van der Waals surface area contributed by atoms with Gasteiger partial charge in [-0.25, -0.2) is 19.3 Å². The number of hydrogen-bond donors (Lipinski definition) is 0. The number of para-hydroxylation sites is 1. The van der Waals surface area contributed by atoms with Crippen LogP contribution in [0, 0.1) is 0 Å². The third-order valence-corrected chi connectivity index (χ3v) is 3.96. The molecule has 26 heavy (non-hydrogen) atoms. The highest BCUT2D eigenvalue weighted by atomic mass is 16.6. The van der Waals surface area contributed by atoms with Gasteiger partial charge in [0.15, 0.2) is 5.82 Å². The average molecular weight is 349 g/mol. The highest BCUT2D eigenvalue weighted by Gasteiger charge is 2.32. The average Bonchev–Trinajstić information content (AvgIpc) is 3.30. The fraction of sp³-hybridized carbons (Fsp3) is 0.158. The maximum absolute atomic E-state index is 12.4. The second-order valence-corrected chi connectivity index (χ2v) is 5.72. The summed E-state index contributed by atoms with van der Waals surface area (Å²) < 4.78 is 11.6. The van der Waals surface area contributed by atoms with E-state index in [-0.39, 0.29) is 12.4 Å². The van der Waals surface area contributed by atoms with Crippen LogP contribution in [0.2, 0.25) is 0 Å². The van der Waals surface area contributed by atoms with Crippen LogP contribution in [0.25, 0.3) is 17.1 Å². The molecule has 0 spiro atoms. The van der Waals surface area contributed by atoms with Crippen LogP contribution in [-0.4, -0.2) is 39.4 Å². The summed E-state index contributed by atoms with van der Waals surface area (Å²) in [5.41, 5.74) is 1.57. The monoisotopic (exact) mass is 349 g/mol. The van der Waals surface area contributed by atoms with Gasteiger partial charge < -0.3 is 9.47 Å². The van der Waals surface area contributed by atoms with Gasteiger partial charge in [-0.15, -0.1) is 5.10 Å². The molecule has 3 aromatic rings. The van der Waals surface area contributed by atoms with Gasteiger partial charge in [0.25, 0.3) is 5.82 Å². The van der Waals surface area contributed by atoms with Gasteiger partial charge >= 0.3 is 11.9 Å². The van der Waals surface area contributed by atoms with E-state index in [0.29, 0.717) is 12.2 Å². The quantitative estimate of drug-likeness (QED) is 0.673. The molecule has 0 bridgehead atoms. The lowest BCUT2D eigenvalue weighted by atomic mass is 10.2. The molecule has 0 amide bonds. The number of cyclic esters (lactones) is 1. The maximum Gasteiger partial charge on any atom is 0.379 e. The molecule has 1 aliphatic rings. The summed E-state index contributed by atoms with van der Waals surface area (Å²) in [6, 6.07) is 18.8. The third kappa shape index (κ3) is 3.06. The molecular formula is C19H15N3O4. The summed E-state index contributed by atoms with van der Waals surface area (Å²) >= 11 is 0. The number of ether oxygens (including phenoxy) is 2. The first kappa shape index (κ1) is 16.0. The molecule has 2 aromatic carbocycles. The Hall–Kier alpha value is -3.48. The van der Waals surface area contributed by atoms with Crippen LogP contribution < -0.4 is 0 Å². The van der Waals surface area contributed by atoms with Crippen molar-refractivity contribution >= 4 is 11.9 Å². The molecular weight excluding hydrogens is 334 g/mol. The summed E-state index contributed by atoms with van der Waals surface area (Å²) in [5, 5.41) is 4.30. The van der Waals surface area contributed by atoms with E-state index in [9.17, 15) is 9.59 Å². The fourth-order valence-corrected chi connectivity index (χ4v) is 2.69. The van der Waals surface area contributed by atoms with Crippen LogP contribution in [0.5, 0.6) is 0 Å². The normalized spacial score (nSPS) is 16.3. The van der Waals surface area contributed by atoms with Crippen LogP contribution in [0.15, 0.2) is 60.7 Å². The first-order valence-corrected chi connectivity index (χ1v) is 8.18. The lowest BCUT2D eigenvalue weighted by Crippen LogP contribution is -2.23. The number of carbonyl (C=O) groups is 2. The summed E-state index contributed by atoms with van der Waals surface area (Å²) in [4.78, 5) is 28.3. The Morgan fingerprint density at radius 2 is 1.77 bits per heavy atom. The van der Waals surface area contributed by atoms with E-state index in [1.165, 1.54) is 0 Å². The second-order valence-electron chi connectivity index (χ2n) is 5.72. The number of benzene rings is 2. The SMILES string of the molecule is O=C(O[C@@H]1CCOC1=O)c1nc(-c2ccccc2)n(-c2ccccc2)n1. The molecule has 0 N–H and O–H groups in total. The maximum atomic E-state index is 12.4. The standard InChI is InChI=1S/C19H15N3O4/c23-18-15(11-12-25-18)26-19(24)16-20-17(13-7-3-1-4-8-13)22(21-16)14-9-5-2-6-10-14/h1-10,15H,11-12H2/t15-/m1/s1. The van der Waals surface area contributed by atoms with Crippen LogP contribution in [0.1, 0.15) is 17.0 Å². The Balaban J connectivity index is 1.71. The van der Waals surface area contributed by atoms with E-state index < -0.39 is 18.0 Å². The van der Waals surface area contributed by atoms with Crippen LogP contribution >= 0.6 is 0 Å². The molecule has 7 nitrogen and oxygen atoms in total. The first-order valence-electron chi connectivity index (χ1n) is 8.18. The van der Waals surface area contributed by atoms with Crippen molar-refractivity contribution in [1.82, 2.24) is 14.8 Å². The Morgan fingerprint density at radius 3 is 2.42 bits per heavy atom. The molecule has 0 unspecified atom stereocenters. The van der Waals surface area contributed by atoms with Crippen molar-refractivity contribution in [3.05, 3.63) is 66.5 Å². The van der Waals surface area contributed by atoms with E-state index in [0.717, 1.165) is 11.3 Å². The molecule has 1 saturated heterocycles. The molecule has 4 rings (SSSR count). The topological polar surface area (TPSA) is 83.3 Å². The first-order chi connectivity index (χ1) is 12.7. The van der Waals surface area contributed by atoms with E-state index in [2.05, 4.69) is 10.1 Å². The third-order valence-electron chi connectivity index (χ3n) is 3.96. The van der Waals surface area contributed by atoms with Gasteiger partial charge in [-0.1, -0.05) is 48.5 Å². The number of nitrogens with zero attached hydrogens (tertiary/aromatic N) is 3. The number of carbonyl (C=O) groups excluding carboxylic acids is 2. The van der Waals surface area contributed by atoms with E-state index in [4.69, 9.17) is 9.47 Å². The number of esters is 2. The zero-order valence-electron chi connectivity index (χ0n) is 13.7. The second kappa shape index (κ2) is 6.79. The number of hydrogen-bond acceptors (Lipinski definition) is 6. The fourth-order valence-electron chi connectivity index (χ4n) is 2.69. The van der Waals surface area contributed by atoms with Crippen molar-refractivity contribution in [2.24, 2.45) is 0 Å².